The number of hydrogen-bond donors (Lipinski definition) is 1. The van der Waals surface area contributed by atoms with Gasteiger partial charge in [-0.3, -0.25) is 4.79 Å². The van der Waals surface area contributed by atoms with Gasteiger partial charge in [-0.15, -0.1) is 0 Å². The molecular weight excluding hydrogens is 338 g/mol. The molecule has 1 N–H and O–H groups in total. The summed E-state index contributed by atoms with van der Waals surface area (Å²) in [6, 6.07) is 14.7. The number of amides is 1. The van der Waals surface area contributed by atoms with Gasteiger partial charge in [-0.2, -0.15) is 5.10 Å². The van der Waals surface area contributed by atoms with Crippen LogP contribution in [-0.2, 0) is 0 Å². The van der Waals surface area contributed by atoms with Crippen LogP contribution in [-0.4, -0.2) is 24.2 Å². The number of nitrogens with zero attached hydrogens (tertiary/aromatic N) is 2. The molecule has 1 aromatic heterocycles. The zero-order valence-electron chi connectivity index (χ0n) is 13.8. The summed E-state index contributed by atoms with van der Waals surface area (Å²) in [5.74, 6) is 0.452. The van der Waals surface area contributed by atoms with Crippen LogP contribution in [0.25, 0.3) is 10.9 Å². The van der Waals surface area contributed by atoms with E-state index in [9.17, 15) is 4.79 Å². The SMILES string of the molecule is COc1ccc2nc(Cl)c(/C=N\NC(=O)c3ccccc3C)cc2c1. The predicted octanol–water partition coefficient (Wildman–Crippen LogP) is 3.97. The van der Waals surface area contributed by atoms with Crippen molar-refractivity contribution in [2.45, 2.75) is 6.92 Å². The third-order valence-corrected chi connectivity index (χ3v) is 4.06. The highest BCUT2D eigenvalue weighted by molar-refractivity contribution is 6.32. The molecule has 0 unspecified atom stereocenters. The Balaban J connectivity index is 1.82. The summed E-state index contributed by atoms with van der Waals surface area (Å²) >= 11 is 6.19. The first-order chi connectivity index (χ1) is 12.1. The fourth-order valence-electron chi connectivity index (χ4n) is 2.41. The molecular formula is C19H16ClN3O2. The number of fused-ring (bicyclic) bond motifs is 1. The smallest absolute Gasteiger partial charge is 0.271 e. The van der Waals surface area contributed by atoms with Crippen molar-refractivity contribution < 1.29 is 9.53 Å². The number of halogens is 1. The van der Waals surface area contributed by atoms with Crippen LogP contribution >= 0.6 is 11.6 Å². The molecule has 0 aliphatic heterocycles. The van der Waals surface area contributed by atoms with Crippen molar-refractivity contribution in [3.8, 4) is 5.75 Å². The lowest BCUT2D eigenvalue weighted by Crippen LogP contribution is -2.18. The Morgan fingerprint density at radius 1 is 1.24 bits per heavy atom. The van der Waals surface area contributed by atoms with Crippen LogP contribution in [0.5, 0.6) is 5.75 Å². The van der Waals surface area contributed by atoms with Crippen LogP contribution in [0, 0.1) is 6.92 Å². The number of benzene rings is 2. The normalized spacial score (nSPS) is 11.0. The number of aryl methyl sites for hydroxylation is 1. The molecule has 0 radical (unpaired) electrons. The number of rotatable bonds is 4. The highest BCUT2D eigenvalue weighted by atomic mass is 35.5. The van der Waals surface area contributed by atoms with E-state index in [1.165, 1.54) is 6.21 Å². The van der Waals surface area contributed by atoms with Gasteiger partial charge in [0.1, 0.15) is 10.9 Å². The Morgan fingerprint density at radius 3 is 2.80 bits per heavy atom. The van der Waals surface area contributed by atoms with E-state index in [0.29, 0.717) is 16.3 Å². The monoisotopic (exact) mass is 353 g/mol. The quantitative estimate of drug-likeness (QED) is 0.438. The topological polar surface area (TPSA) is 63.6 Å². The van der Waals surface area contributed by atoms with E-state index in [0.717, 1.165) is 22.2 Å². The number of aromatic nitrogens is 1. The Labute approximate surface area is 150 Å². The molecule has 3 rings (SSSR count). The number of hydrogen-bond acceptors (Lipinski definition) is 4. The lowest BCUT2D eigenvalue weighted by Gasteiger charge is -2.05. The van der Waals surface area contributed by atoms with Crippen LogP contribution in [0.3, 0.4) is 0 Å². The van der Waals surface area contributed by atoms with Crippen LogP contribution in [0.1, 0.15) is 21.5 Å². The van der Waals surface area contributed by atoms with Gasteiger partial charge in [-0.25, -0.2) is 10.4 Å². The Bertz CT molecular complexity index is 970. The molecule has 6 heteroatoms. The van der Waals surface area contributed by atoms with Crippen molar-refractivity contribution in [3.05, 3.63) is 70.4 Å². The molecule has 3 aromatic rings. The molecule has 0 fully saturated rings. The van der Waals surface area contributed by atoms with Gasteiger partial charge in [-0.1, -0.05) is 29.8 Å². The molecule has 1 amide bonds. The van der Waals surface area contributed by atoms with Crippen LogP contribution in [0.2, 0.25) is 5.15 Å². The van der Waals surface area contributed by atoms with E-state index in [-0.39, 0.29) is 5.91 Å². The number of methoxy groups -OCH3 is 1. The molecule has 0 bridgehead atoms. The van der Waals surface area contributed by atoms with Gasteiger partial charge in [-0.05, 0) is 42.8 Å². The molecule has 1 heterocycles. The van der Waals surface area contributed by atoms with E-state index in [1.807, 2.05) is 49.4 Å². The molecule has 25 heavy (non-hydrogen) atoms. The molecule has 0 spiro atoms. The van der Waals surface area contributed by atoms with Gasteiger partial charge in [0.05, 0.1) is 18.8 Å². The second-order valence-electron chi connectivity index (χ2n) is 5.44. The Kier molecular flexibility index (Phi) is 4.95. The summed E-state index contributed by atoms with van der Waals surface area (Å²) in [5, 5.41) is 5.17. The minimum atomic E-state index is -0.277. The summed E-state index contributed by atoms with van der Waals surface area (Å²) in [5.41, 5.74) is 5.32. The van der Waals surface area contributed by atoms with Gasteiger partial charge in [0.15, 0.2) is 0 Å². The zero-order chi connectivity index (χ0) is 17.8. The summed E-state index contributed by atoms with van der Waals surface area (Å²) < 4.78 is 5.21. The summed E-state index contributed by atoms with van der Waals surface area (Å²) in [4.78, 5) is 16.5. The lowest BCUT2D eigenvalue weighted by atomic mass is 10.1. The summed E-state index contributed by atoms with van der Waals surface area (Å²) in [6.07, 6.45) is 1.48. The maximum atomic E-state index is 12.1. The number of pyridine rings is 1. The summed E-state index contributed by atoms with van der Waals surface area (Å²) in [6.45, 7) is 1.87. The van der Waals surface area contributed by atoms with E-state index >= 15 is 0 Å². The van der Waals surface area contributed by atoms with Gasteiger partial charge in [0.25, 0.3) is 5.91 Å². The average Bonchev–Trinajstić information content (AvgIpc) is 2.62. The molecule has 126 valence electrons. The second-order valence-corrected chi connectivity index (χ2v) is 5.80. The standard InChI is InChI=1S/C19H16ClN3O2/c1-12-5-3-4-6-16(12)19(24)23-21-11-14-9-13-10-15(25-2)7-8-17(13)22-18(14)20/h3-11H,1-2H3,(H,23,24)/b21-11-. The maximum Gasteiger partial charge on any atom is 0.271 e. The molecule has 2 aromatic carbocycles. The maximum absolute atomic E-state index is 12.1. The molecule has 0 aliphatic rings. The van der Waals surface area contributed by atoms with Crippen molar-refractivity contribution in [3.63, 3.8) is 0 Å². The van der Waals surface area contributed by atoms with Crippen molar-refractivity contribution in [1.29, 1.82) is 0 Å². The minimum Gasteiger partial charge on any atom is -0.497 e. The molecule has 5 nitrogen and oxygen atoms in total. The number of hydrazone groups is 1. The highest BCUT2D eigenvalue weighted by Crippen LogP contribution is 2.23. The van der Waals surface area contributed by atoms with Crippen molar-refractivity contribution in [2.24, 2.45) is 5.10 Å². The zero-order valence-corrected chi connectivity index (χ0v) is 14.5. The summed E-state index contributed by atoms with van der Waals surface area (Å²) in [7, 11) is 1.61. The largest absolute Gasteiger partial charge is 0.497 e. The van der Waals surface area contributed by atoms with Crippen molar-refractivity contribution >= 4 is 34.6 Å². The second kappa shape index (κ2) is 7.32. The third-order valence-electron chi connectivity index (χ3n) is 3.76. The molecule has 0 saturated heterocycles. The van der Waals surface area contributed by atoms with E-state index in [2.05, 4.69) is 15.5 Å². The number of ether oxygens (including phenoxy) is 1. The van der Waals surface area contributed by atoms with Gasteiger partial charge < -0.3 is 4.74 Å². The first-order valence-electron chi connectivity index (χ1n) is 7.62. The van der Waals surface area contributed by atoms with E-state index in [1.54, 1.807) is 13.2 Å². The number of carbonyl (C=O) groups is 1. The fourth-order valence-corrected chi connectivity index (χ4v) is 2.61. The van der Waals surface area contributed by atoms with Gasteiger partial charge in [0, 0.05) is 16.5 Å². The van der Waals surface area contributed by atoms with Crippen LogP contribution in [0.15, 0.2) is 53.6 Å². The fraction of sp³-hybridized carbons (Fsp3) is 0.105. The van der Waals surface area contributed by atoms with Crippen LogP contribution < -0.4 is 10.2 Å². The predicted molar refractivity (Wildman–Crippen MR) is 99.5 cm³/mol. The van der Waals surface area contributed by atoms with E-state index < -0.39 is 0 Å². The molecule has 0 atom stereocenters. The van der Waals surface area contributed by atoms with Crippen molar-refractivity contribution in [1.82, 2.24) is 10.4 Å². The first-order valence-corrected chi connectivity index (χ1v) is 7.99. The number of carbonyl (C=O) groups excluding carboxylic acids is 1. The Morgan fingerprint density at radius 2 is 2.04 bits per heavy atom. The average molecular weight is 354 g/mol. The minimum absolute atomic E-state index is 0.277. The molecule has 0 aliphatic carbocycles. The highest BCUT2D eigenvalue weighted by Gasteiger charge is 2.07. The Hall–Kier alpha value is -2.92. The molecule has 0 saturated carbocycles. The third kappa shape index (κ3) is 3.78. The van der Waals surface area contributed by atoms with E-state index in [4.69, 9.17) is 16.3 Å². The van der Waals surface area contributed by atoms with Gasteiger partial charge in [0.2, 0.25) is 0 Å². The van der Waals surface area contributed by atoms with Crippen molar-refractivity contribution in [2.75, 3.05) is 7.11 Å². The van der Waals surface area contributed by atoms with Crippen LogP contribution in [0.4, 0.5) is 0 Å². The van der Waals surface area contributed by atoms with Gasteiger partial charge >= 0.3 is 0 Å². The first kappa shape index (κ1) is 16.9. The number of nitrogens with one attached hydrogen (secondary N) is 1. The lowest BCUT2D eigenvalue weighted by molar-refractivity contribution is 0.0954.